The number of rotatable bonds is 4. The predicted molar refractivity (Wildman–Crippen MR) is 59.5 cm³/mol. The van der Waals surface area contributed by atoms with Crippen molar-refractivity contribution in [2.75, 3.05) is 0 Å². The van der Waals surface area contributed by atoms with Gasteiger partial charge < -0.3 is 10.1 Å². The van der Waals surface area contributed by atoms with E-state index in [9.17, 15) is 4.79 Å². The second-order valence-corrected chi connectivity index (χ2v) is 4.29. The van der Waals surface area contributed by atoms with E-state index in [1.54, 1.807) is 23.6 Å². The molecule has 0 spiro atoms. The van der Waals surface area contributed by atoms with E-state index >= 15 is 0 Å². The third kappa shape index (κ3) is 2.27. The Morgan fingerprint density at radius 3 is 2.93 bits per heavy atom. The Kier molecular flexibility index (Phi) is 2.87. The van der Waals surface area contributed by atoms with Gasteiger partial charge in [-0.3, -0.25) is 0 Å². The molecule has 0 saturated heterocycles. The molecule has 0 fully saturated rings. The lowest BCUT2D eigenvalue weighted by Crippen LogP contribution is -2.01. The number of thiophene rings is 1. The lowest BCUT2D eigenvalue weighted by atomic mass is 10.1. The lowest BCUT2D eigenvalue weighted by Gasteiger charge is -1.98. The van der Waals surface area contributed by atoms with E-state index in [2.05, 4.69) is 11.1 Å². The summed E-state index contributed by atoms with van der Waals surface area (Å²) in [5, 5.41) is 10.9. The second kappa shape index (κ2) is 4.31. The minimum atomic E-state index is -0.863. The average molecular weight is 221 g/mol. The smallest absolute Gasteiger partial charge is 0.337 e. The van der Waals surface area contributed by atoms with E-state index in [0.29, 0.717) is 5.56 Å². The molecule has 3 nitrogen and oxygen atoms in total. The molecule has 0 atom stereocenters. The molecule has 2 heterocycles. The molecule has 78 valence electrons. The fourth-order valence-corrected chi connectivity index (χ4v) is 2.22. The normalized spacial score (nSPS) is 10.4. The van der Waals surface area contributed by atoms with Gasteiger partial charge in [0.15, 0.2) is 0 Å². The highest BCUT2D eigenvalue weighted by atomic mass is 32.1. The Morgan fingerprint density at radius 2 is 2.27 bits per heavy atom. The highest BCUT2D eigenvalue weighted by Gasteiger charge is 2.10. The molecule has 0 aromatic carbocycles. The number of aromatic carboxylic acids is 1. The molecule has 2 N–H and O–H groups in total. The van der Waals surface area contributed by atoms with Crippen molar-refractivity contribution < 1.29 is 9.90 Å². The van der Waals surface area contributed by atoms with E-state index in [-0.39, 0.29) is 0 Å². The molecule has 0 radical (unpaired) electrons. The number of hydrogen-bond donors (Lipinski definition) is 2. The van der Waals surface area contributed by atoms with Gasteiger partial charge in [0, 0.05) is 16.8 Å². The highest BCUT2D eigenvalue weighted by Crippen LogP contribution is 2.14. The van der Waals surface area contributed by atoms with Crippen molar-refractivity contribution in [1.82, 2.24) is 4.98 Å². The fourth-order valence-electron chi connectivity index (χ4n) is 1.51. The molecule has 0 unspecified atom stereocenters. The maximum atomic E-state index is 10.8. The van der Waals surface area contributed by atoms with Gasteiger partial charge in [-0.2, -0.15) is 0 Å². The first-order valence-electron chi connectivity index (χ1n) is 4.69. The first-order valence-corrected chi connectivity index (χ1v) is 5.57. The lowest BCUT2D eigenvalue weighted by molar-refractivity contribution is 0.0696. The van der Waals surface area contributed by atoms with Crippen molar-refractivity contribution in [3.05, 3.63) is 45.9 Å². The van der Waals surface area contributed by atoms with Crippen molar-refractivity contribution in [1.29, 1.82) is 0 Å². The summed E-state index contributed by atoms with van der Waals surface area (Å²) in [6.45, 7) is 0. The molecule has 2 aromatic heterocycles. The summed E-state index contributed by atoms with van der Waals surface area (Å²) in [7, 11) is 0. The van der Waals surface area contributed by atoms with Crippen LogP contribution >= 0.6 is 11.3 Å². The van der Waals surface area contributed by atoms with Gasteiger partial charge in [-0.25, -0.2) is 4.79 Å². The summed E-state index contributed by atoms with van der Waals surface area (Å²) < 4.78 is 0. The van der Waals surface area contributed by atoms with Crippen LogP contribution in [-0.4, -0.2) is 16.1 Å². The molecule has 15 heavy (non-hydrogen) atoms. The Balaban J connectivity index is 2.05. The zero-order valence-corrected chi connectivity index (χ0v) is 8.88. The zero-order valence-electron chi connectivity index (χ0n) is 8.06. The molecule has 2 rings (SSSR count). The fraction of sp³-hybridized carbons (Fsp3) is 0.182. The van der Waals surface area contributed by atoms with Gasteiger partial charge in [0.05, 0.1) is 5.56 Å². The van der Waals surface area contributed by atoms with Crippen LogP contribution in [0.25, 0.3) is 0 Å². The number of aryl methyl sites for hydroxylation is 2. The second-order valence-electron chi connectivity index (χ2n) is 3.25. The van der Waals surface area contributed by atoms with Gasteiger partial charge in [0.1, 0.15) is 0 Å². The van der Waals surface area contributed by atoms with E-state index in [4.69, 9.17) is 5.11 Å². The maximum absolute atomic E-state index is 10.8. The summed E-state index contributed by atoms with van der Waals surface area (Å²) in [4.78, 5) is 15.1. The van der Waals surface area contributed by atoms with Crippen molar-refractivity contribution in [2.45, 2.75) is 12.8 Å². The Morgan fingerprint density at radius 1 is 1.40 bits per heavy atom. The summed E-state index contributed by atoms with van der Waals surface area (Å²) >= 11 is 1.70. The van der Waals surface area contributed by atoms with E-state index in [1.165, 1.54) is 4.88 Å². The van der Waals surface area contributed by atoms with Gasteiger partial charge in [-0.15, -0.1) is 11.3 Å². The third-order valence-electron chi connectivity index (χ3n) is 2.26. The summed E-state index contributed by atoms with van der Waals surface area (Å²) in [6, 6.07) is 5.67. The molecule has 0 saturated carbocycles. The number of aromatic nitrogens is 1. The number of carboxylic acids is 1. The number of nitrogens with one attached hydrogen (secondary N) is 1. The Hall–Kier alpha value is -1.55. The SMILES string of the molecule is O=C(O)c1cc[nH]c1CCc1cccs1. The number of carbonyl (C=O) groups is 1. The molecule has 0 aliphatic carbocycles. The minimum absolute atomic E-state index is 0.381. The molecule has 4 heteroatoms. The molecule has 0 aliphatic rings. The first-order chi connectivity index (χ1) is 7.27. The van der Waals surface area contributed by atoms with Crippen LogP contribution in [0.3, 0.4) is 0 Å². The Labute approximate surface area is 91.4 Å². The molecule has 0 bridgehead atoms. The number of aromatic amines is 1. The minimum Gasteiger partial charge on any atom is -0.478 e. The van der Waals surface area contributed by atoms with Gasteiger partial charge in [-0.05, 0) is 30.4 Å². The monoisotopic (exact) mass is 221 g/mol. The highest BCUT2D eigenvalue weighted by molar-refractivity contribution is 7.09. The average Bonchev–Trinajstić information content (AvgIpc) is 2.86. The quantitative estimate of drug-likeness (QED) is 0.833. The summed E-state index contributed by atoms with van der Waals surface area (Å²) in [5.74, 6) is -0.863. The van der Waals surface area contributed by atoms with Crippen LogP contribution < -0.4 is 0 Å². The summed E-state index contributed by atoms with van der Waals surface area (Å²) in [6.07, 6.45) is 3.31. The van der Waals surface area contributed by atoms with Crippen LogP contribution in [0.5, 0.6) is 0 Å². The molecular formula is C11H11NO2S. The van der Waals surface area contributed by atoms with E-state index in [0.717, 1.165) is 18.5 Å². The van der Waals surface area contributed by atoms with Gasteiger partial charge in [0.25, 0.3) is 0 Å². The van der Waals surface area contributed by atoms with Crippen molar-refractivity contribution >= 4 is 17.3 Å². The van der Waals surface area contributed by atoms with Crippen LogP contribution in [0.15, 0.2) is 29.8 Å². The Bertz CT molecular complexity index is 445. The molecule has 0 aliphatic heterocycles. The largest absolute Gasteiger partial charge is 0.478 e. The van der Waals surface area contributed by atoms with E-state index in [1.807, 2.05) is 11.4 Å². The first kappa shape index (κ1) is 9.98. The number of H-pyrrole nitrogens is 1. The van der Waals surface area contributed by atoms with E-state index < -0.39 is 5.97 Å². The third-order valence-corrected chi connectivity index (χ3v) is 3.20. The summed E-state index contributed by atoms with van der Waals surface area (Å²) in [5.41, 5.74) is 1.18. The number of hydrogen-bond acceptors (Lipinski definition) is 2. The van der Waals surface area contributed by atoms with Gasteiger partial charge >= 0.3 is 5.97 Å². The van der Waals surface area contributed by atoms with Crippen LogP contribution in [0.2, 0.25) is 0 Å². The standard InChI is InChI=1S/C11H11NO2S/c13-11(14)9-5-6-12-10(9)4-3-8-2-1-7-15-8/h1-2,5-7,12H,3-4H2,(H,13,14). The van der Waals surface area contributed by atoms with Crippen LogP contribution in [0, 0.1) is 0 Å². The van der Waals surface area contributed by atoms with Crippen LogP contribution in [0.1, 0.15) is 20.9 Å². The van der Waals surface area contributed by atoms with Crippen molar-refractivity contribution in [2.24, 2.45) is 0 Å². The van der Waals surface area contributed by atoms with Crippen molar-refractivity contribution in [3.63, 3.8) is 0 Å². The maximum Gasteiger partial charge on any atom is 0.337 e. The zero-order chi connectivity index (χ0) is 10.7. The number of carboxylic acid groups (broad SMARTS) is 1. The topological polar surface area (TPSA) is 53.1 Å². The van der Waals surface area contributed by atoms with Gasteiger partial charge in [-0.1, -0.05) is 6.07 Å². The molecule has 0 amide bonds. The van der Waals surface area contributed by atoms with Crippen LogP contribution in [-0.2, 0) is 12.8 Å². The molecular weight excluding hydrogens is 210 g/mol. The van der Waals surface area contributed by atoms with Crippen LogP contribution in [0.4, 0.5) is 0 Å². The molecule has 2 aromatic rings. The van der Waals surface area contributed by atoms with Crippen molar-refractivity contribution in [3.8, 4) is 0 Å². The predicted octanol–water partition coefficient (Wildman–Crippen LogP) is 2.56. The van der Waals surface area contributed by atoms with Gasteiger partial charge in [0.2, 0.25) is 0 Å².